The topological polar surface area (TPSA) is 95.6 Å². The Bertz CT molecular complexity index is 510. The van der Waals surface area contributed by atoms with Gasteiger partial charge in [0.2, 0.25) is 0 Å². The van der Waals surface area contributed by atoms with Crippen LogP contribution in [-0.2, 0) is 6.18 Å². The Hall–Kier alpha value is -1.39. The highest BCUT2D eigenvalue weighted by Crippen LogP contribution is 2.44. The first-order valence-electron chi connectivity index (χ1n) is 5.25. The molecule has 6 nitrogen and oxygen atoms in total. The molecule has 0 aliphatic heterocycles. The minimum Gasteiger partial charge on any atom is -0.394 e. The lowest BCUT2D eigenvalue weighted by molar-refractivity contribution is -0.384. The fourth-order valence-electron chi connectivity index (χ4n) is 1.46. The van der Waals surface area contributed by atoms with E-state index in [0.29, 0.717) is 0 Å². The first-order chi connectivity index (χ1) is 9.18. The van der Waals surface area contributed by atoms with Crippen molar-refractivity contribution in [2.24, 2.45) is 0 Å². The van der Waals surface area contributed by atoms with Gasteiger partial charge in [-0.05, 0) is 6.07 Å². The second-order valence-corrected chi connectivity index (χ2v) is 4.64. The third-order valence-corrected chi connectivity index (χ3v) is 3.00. The highest BCUT2D eigenvalue weighted by molar-refractivity contribution is 9.10. The van der Waals surface area contributed by atoms with Crippen molar-refractivity contribution in [1.82, 2.24) is 0 Å². The van der Waals surface area contributed by atoms with Gasteiger partial charge in [0, 0.05) is 17.1 Å². The third-order valence-electron chi connectivity index (χ3n) is 2.34. The molecule has 0 aliphatic carbocycles. The Labute approximate surface area is 119 Å². The van der Waals surface area contributed by atoms with Crippen LogP contribution in [0.1, 0.15) is 5.56 Å². The highest BCUT2D eigenvalue weighted by atomic mass is 79.9. The van der Waals surface area contributed by atoms with Crippen molar-refractivity contribution in [2.45, 2.75) is 12.3 Å². The summed E-state index contributed by atoms with van der Waals surface area (Å²) in [4.78, 5) is 9.83. The number of benzene rings is 1. The minimum absolute atomic E-state index is 0.364. The van der Waals surface area contributed by atoms with E-state index in [0.717, 1.165) is 12.1 Å². The van der Waals surface area contributed by atoms with Gasteiger partial charge in [0.05, 0.1) is 23.2 Å². The molecule has 0 radical (unpaired) electrons. The SMILES string of the molecule is O=[N+]([O-])c1ccc(Br)c(C(F)(F)F)c1NCC(O)CO. The number of nitro groups is 1. The van der Waals surface area contributed by atoms with E-state index < -0.39 is 47.3 Å². The summed E-state index contributed by atoms with van der Waals surface area (Å²) >= 11 is 2.70. The van der Waals surface area contributed by atoms with Crippen molar-refractivity contribution in [1.29, 1.82) is 0 Å². The smallest absolute Gasteiger partial charge is 0.394 e. The molecule has 0 aromatic heterocycles. The van der Waals surface area contributed by atoms with Crippen molar-refractivity contribution in [3.63, 3.8) is 0 Å². The highest BCUT2D eigenvalue weighted by Gasteiger charge is 2.39. The molecule has 0 saturated carbocycles. The summed E-state index contributed by atoms with van der Waals surface area (Å²) in [6.07, 6.45) is -6.16. The summed E-state index contributed by atoms with van der Waals surface area (Å²) in [5.74, 6) is 0. The number of nitrogens with one attached hydrogen (secondary N) is 1. The molecule has 1 rings (SSSR count). The zero-order chi connectivity index (χ0) is 15.5. The lowest BCUT2D eigenvalue weighted by Gasteiger charge is -2.17. The molecule has 0 amide bonds. The van der Waals surface area contributed by atoms with Crippen molar-refractivity contribution in [3.05, 3.63) is 32.3 Å². The average molecular weight is 359 g/mol. The van der Waals surface area contributed by atoms with E-state index in [9.17, 15) is 23.3 Å². The zero-order valence-electron chi connectivity index (χ0n) is 9.82. The van der Waals surface area contributed by atoms with Gasteiger partial charge in [-0.3, -0.25) is 10.1 Å². The van der Waals surface area contributed by atoms with Crippen LogP contribution in [0.3, 0.4) is 0 Å². The van der Waals surface area contributed by atoms with Crippen LogP contribution in [0.4, 0.5) is 24.5 Å². The van der Waals surface area contributed by atoms with Gasteiger partial charge in [-0.25, -0.2) is 0 Å². The Morgan fingerprint density at radius 1 is 1.45 bits per heavy atom. The molecule has 1 atom stereocenters. The van der Waals surface area contributed by atoms with Gasteiger partial charge in [0.1, 0.15) is 5.69 Å². The minimum atomic E-state index is -4.82. The van der Waals surface area contributed by atoms with Crippen LogP contribution in [0.2, 0.25) is 0 Å². The van der Waals surface area contributed by atoms with Crippen molar-refractivity contribution in [3.8, 4) is 0 Å². The van der Waals surface area contributed by atoms with Crippen LogP contribution >= 0.6 is 15.9 Å². The molecule has 3 N–H and O–H groups in total. The quantitative estimate of drug-likeness (QED) is 0.553. The Balaban J connectivity index is 3.34. The van der Waals surface area contributed by atoms with Gasteiger partial charge in [-0.1, -0.05) is 15.9 Å². The summed E-state index contributed by atoms with van der Waals surface area (Å²) in [7, 11) is 0. The van der Waals surface area contributed by atoms with E-state index in [-0.39, 0.29) is 4.47 Å². The second-order valence-electron chi connectivity index (χ2n) is 3.79. The number of aliphatic hydroxyl groups excluding tert-OH is 2. The normalized spacial score (nSPS) is 13.1. The van der Waals surface area contributed by atoms with E-state index in [1.165, 1.54) is 0 Å². The molecule has 0 bridgehead atoms. The molecule has 0 saturated heterocycles. The molecule has 1 unspecified atom stereocenters. The molecule has 0 heterocycles. The Morgan fingerprint density at radius 3 is 2.50 bits per heavy atom. The summed E-state index contributed by atoms with van der Waals surface area (Å²) in [5.41, 5.74) is -2.77. The monoisotopic (exact) mass is 358 g/mol. The molecule has 0 fully saturated rings. The van der Waals surface area contributed by atoms with Gasteiger partial charge in [-0.2, -0.15) is 13.2 Å². The number of halogens is 4. The molecule has 0 aliphatic rings. The maximum atomic E-state index is 13.0. The van der Waals surface area contributed by atoms with Crippen LogP contribution in [0, 0.1) is 10.1 Å². The number of rotatable bonds is 5. The number of anilines is 1. The van der Waals surface area contributed by atoms with Gasteiger partial charge in [-0.15, -0.1) is 0 Å². The number of hydrogen-bond acceptors (Lipinski definition) is 5. The number of nitrogens with zero attached hydrogens (tertiary/aromatic N) is 1. The summed E-state index contributed by atoms with van der Waals surface area (Å²) < 4.78 is 38.5. The fourth-order valence-corrected chi connectivity index (χ4v) is 2.01. The molecule has 10 heteroatoms. The molecule has 1 aromatic carbocycles. The van der Waals surface area contributed by atoms with E-state index in [1.54, 1.807) is 0 Å². The number of hydrogen-bond donors (Lipinski definition) is 3. The lowest BCUT2D eigenvalue weighted by Crippen LogP contribution is -2.25. The predicted molar refractivity (Wildman–Crippen MR) is 67.4 cm³/mol. The van der Waals surface area contributed by atoms with Crippen molar-refractivity contribution >= 4 is 27.3 Å². The van der Waals surface area contributed by atoms with E-state index >= 15 is 0 Å². The van der Waals surface area contributed by atoms with Crippen LogP contribution < -0.4 is 5.32 Å². The second kappa shape index (κ2) is 6.37. The van der Waals surface area contributed by atoms with Crippen LogP contribution in [0.5, 0.6) is 0 Å². The van der Waals surface area contributed by atoms with E-state index in [4.69, 9.17) is 10.2 Å². The first-order valence-corrected chi connectivity index (χ1v) is 6.04. The lowest BCUT2D eigenvalue weighted by atomic mass is 10.1. The van der Waals surface area contributed by atoms with Crippen LogP contribution in [-0.4, -0.2) is 34.4 Å². The number of nitro benzene ring substituents is 1. The molecule has 0 spiro atoms. The first kappa shape index (κ1) is 16.7. The average Bonchev–Trinajstić information content (AvgIpc) is 2.33. The van der Waals surface area contributed by atoms with E-state index in [2.05, 4.69) is 21.2 Å². The molecule has 112 valence electrons. The number of alkyl halides is 3. The zero-order valence-corrected chi connectivity index (χ0v) is 11.4. The molecule has 1 aromatic rings. The summed E-state index contributed by atoms with van der Waals surface area (Å²) in [5, 5.41) is 30.7. The largest absolute Gasteiger partial charge is 0.419 e. The summed E-state index contributed by atoms with van der Waals surface area (Å²) in [6.45, 7) is -1.15. The Morgan fingerprint density at radius 2 is 2.05 bits per heavy atom. The van der Waals surface area contributed by atoms with Crippen LogP contribution in [0.15, 0.2) is 16.6 Å². The standard InChI is InChI=1S/C10H10BrF3N2O4/c11-6-1-2-7(16(19)20)9(8(6)10(12,13)14)15-3-5(18)4-17/h1-2,5,15,17-18H,3-4H2. The maximum Gasteiger partial charge on any atom is 0.419 e. The van der Waals surface area contributed by atoms with E-state index in [1.807, 2.05) is 0 Å². The Kier molecular flexibility index (Phi) is 5.31. The van der Waals surface area contributed by atoms with Gasteiger partial charge in [0.15, 0.2) is 0 Å². The van der Waals surface area contributed by atoms with Gasteiger partial charge in [0.25, 0.3) is 5.69 Å². The van der Waals surface area contributed by atoms with Crippen LogP contribution in [0.25, 0.3) is 0 Å². The molecular weight excluding hydrogens is 349 g/mol. The van der Waals surface area contributed by atoms with Gasteiger partial charge >= 0.3 is 6.18 Å². The number of aliphatic hydroxyl groups is 2. The van der Waals surface area contributed by atoms with Crippen molar-refractivity contribution in [2.75, 3.05) is 18.5 Å². The van der Waals surface area contributed by atoms with Gasteiger partial charge < -0.3 is 15.5 Å². The predicted octanol–water partition coefficient (Wildman–Crippen LogP) is 2.14. The third kappa shape index (κ3) is 3.81. The fraction of sp³-hybridized carbons (Fsp3) is 0.400. The molecular formula is C10H10BrF3N2O4. The summed E-state index contributed by atoms with van der Waals surface area (Å²) in [6, 6.07) is 1.83. The molecule has 20 heavy (non-hydrogen) atoms. The van der Waals surface area contributed by atoms with Crippen molar-refractivity contribution < 1.29 is 28.3 Å². The maximum absolute atomic E-state index is 13.0.